The van der Waals surface area contributed by atoms with E-state index in [1.54, 1.807) is 48.5 Å². The molecule has 3 aromatic rings. The Morgan fingerprint density at radius 1 is 1.07 bits per heavy atom. The van der Waals surface area contributed by atoms with Crippen LogP contribution in [0.25, 0.3) is 11.5 Å². The number of carbonyl (C=O) groups is 2. The maximum atomic E-state index is 12.0. The van der Waals surface area contributed by atoms with Gasteiger partial charge in [-0.15, -0.1) is 5.10 Å². The molecule has 27 heavy (non-hydrogen) atoms. The second kappa shape index (κ2) is 8.13. The van der Waals surface area contributed by atoms with Gasteiger partial charge >= 0.3 is 11.7 Å². The van der Waals surface area contributed by atoms with Gasteiger partial charge < -0.3 is 13.9 Å². The molecule has 8 nitrogen and oxygen atoms in total. The van der Waals surface area contributed by atoms with Crippen LogP contribution in [0.4, 0.5) is 0 Å². The first kappa shape index (κ1) is 18.1. The highest BCUT2D eigenvalue weighted by Gasteiger charge is 2.15. The van der Waals surface area contributed by atoms with E-state index in [1.807, 2.05) is 6.07 Å². The number of rotatable bonds is 7. The topological polar surface area (TPSA) is 101 Å². The van der Waals surface area contributed by atoms with Crippen molar-refractivity contribution in [1.82, 2.24) is 9.78 Å². The fraction of sp³-hybridized carbons (Fsp3) is 0.158. The van der Waals surface area contributed by atoms with Crippen LogP contribution in [0.3, 0.4) is 0 Å². The van der Waals surface area contributed by atoms with Crippen LogP contribution in [0, 0.1) is 0 Å². The molecule has 0 aliphatic carbocycles. The van der Waals surface area contributed by atoms with Crippen molar-refractivity contribution in [3.05, 3.63) is 70.7 Å². The molecule has 0 bridgehead atoms. The molecule has 1 aromatic heterocycles. The number of ketones is 1. The maximum Gasteiger partial charge on any atom is 0.437 e. The predicted molar refractivity (Wildman–Crippen MR) is 94.5 cm³/mol. The Hall–Kier alpha value is -3.68. The first-order chi connectivity index (χ1) is 13.1. The van der Waals surface area contributed by atoms with Crippen molar-refractivity contribution in [1.29, 1.82) is 0 Å². The molecule has 0 unspecified atom stereocenters. The average Bonchev–Trinajstić information content (AvgIpc) is 3.07. The van der Waals surface area contributed by atoms with Crippen LogP contribution in [0.2, 0.25) is 0 Å². The van der Waals surface area contributed by atoms with Gasteiger partial charge in [0.1, 0.15) is 12.3 Å². The summed E-state index contributed by atoms with van der Waals surface area (Å²) in [5.74, 6) is -1.21. The average molecular weight is 368 g/mol. The zero-order valence-electron chi connectivity index (χ0n) is 14.5. The number of Topliss-reactive ketones (excluding diaryl/α,β-unsaturated/α-hetero) is 1. The summed E-state index contributed by atoms with van der Waals surface area (Å²) >= 11 is 0. The lowest BCUT2D eigenvalue weighted by atomic mass is 10.1. The van der Waals surface area contributed by atoms with Crippen LogP contribution in [0.15, 0.2) is 63.8 Å². The van der Waals surface area contributed by atoms with Gasteiger partial charge in [-0.25, -0.2) is 4.79 Å². The number of esters is 1. The van der Waals surface area contributed by atoms with Crippen LogP contribution in [-0.2, 0) is 16.1 Å². The molecule has 0 amide bonds. The van der Waals surface area contributed by atoms with Crippen LogP contribution < -0.4 is 10.5 Å². The first-order valence-electron chi connectivity index (χ1n) is 8.03. The molecule has 1 heterocycles. The quantitative estimate of drug-likeness (QED) is 0.464. The fourth-order valence-corrected chi connectivity index (χ4v) is 2.28. The van der Waals surface area contributed by atoms with Gasteiger partial charge in [-0.1, -0.05) is 18.2 Å². The minimum absolute atomic E-state index is 0.0997. The van der Waals surface area contributed by atoms with E-state index < -0.39 is 24.9 Å². The second-order valence-electron chi connectivity index (χ2n) is 5.51. The molecule has 2 aromatic carbocycles. The van der Waals surface area contributed by atoms with Gasteiger partial charge in [0.2, 0.25) is 5.89 Å². The number of benzene rings is 2. The van der Waals surface area contributed by atoms with E-state index in [4.69, 9.17) is 13.9 Å². The van der Waals surface area contributed by atoms with Crippen molar-refractivity contribution in [3.8, 4) is 17.2 Å². The van der Waals surface area contributed by atoms with Crippen LogP contribution >= 0.6 is 0 Å². The second-order valence-corrected chi connectivity index (χ2v) is 5.51. The Labute approximate surface area is 153 Å². The number of hydrogen-bond donors (Lipinski definition) is 0. The Morgan fingerprint density at radius 3 is 2.44 bits per heavy atom. The summed E-state index contributed by atoms with van der Waals surface area (Å²) in [6.07, 6.45) is 0. The Kier molecular flexibility index (Phi) is 5.46. The fourth-order valence-electron chi connectivity index (χ4n) is 2.28. The Morgan fingerprint density at radius 2 is 1.78 bits per heavy atom. The number of nitrogens with zero attached hydrogens (tertiary/aromatic N) is 2. The third-order valence-electron chi connectivity index (χ3n) is 3.68. The first-order valence-corrected chi connectivity index (χ1v) is 8.03. The highest BCUT2D eigenvalue weighted by molar-refractivity contribution is 5.98. The molecule has 0 radical (unpaired) electrons. The molecule has 3 rings (SSSR count). The largest absolute Gasteiger partial charge is 0.497 e. The van der Waals surface area contributed by atoms with Crippen LogP contribution in [0.1, 0.15) is 10.4 Å². The number of hydrogen-bond acceptors (Lipinski definition) is 7. The van der Waals surface area contributed by atoms with Gasteiger partial charge in [-0.2, -0.15) is 4.68 Å². The summed E-state index contributed by atoms with van der Waals surface area (Å²) < 4.78 is 15.8. The van der Waals surface area contributed by atoms with Gasteiger partial charge in [0.15, 0.2) is 12.4 Å². The van der Waals surface area contributed by atoms with Crippen molar-refractivity contribution in [3.63, 3.8) is 0 Å². The van der Waals surface area contributed by atoms with E-state index >= 15 is 0 Å². The lowest BCUT2D eigenvalue weighted by Gasteiger charge is -2.05. The van der Waals surface area contributed by atoms with Crippen molar-refractivity contribution in [2.75, 3.05) is 13.7 Å². The summed E-state index contributed by atoms with van der Waals surface area (Å²) in [6.45, 7) is -0.894. The third-order valence-corrected chi connectivity index (χ3v) is 3.68. The normalized spacial score (nSPS) is 10.4. The van der Waals surface area contributed by atoms with Crippen molar-refractivity contribution < 1.29 is 23.5 Å². The molecule has 0 saturated heterocycles. The van der Waals surface area contributed by atoms with Gasteiger partial charge in [-0.05, 0) is 36.4 Å². The standard InChI is InChI=1S/C19H16N2O6/c1-25-15-9-7-13(8-10-15)16(22)12-26-17(23)11-21-19(24)27-18(20-21)14-5-3-2-4-6-14/h2-10H,11-12H2,1H3. The van der Waals surface area contributed by atoms with Crippen molar-refractivity contribution in [2.45, 2.75) is 6.54 Å². The summed E-state index contributed by atoms with van der Waals surface area (Å²) in [6, 6.07) is 15.2. The smallest absolute Gasteiger partial charge is 0.437 e. The van der Waals surface area contributed by atoms with E-state index in [2.05, 4.69) is 5.10 Å². The van der Waals surface area contributed by atoms with Gasteiger partial charge in [0.05, 0.1) is 7.11 Å². The van der Waals surface area contributed by atoms with E-state index in [1.165, 1.54) is 7.11 Å². The lowest BCUT2D eigenvalue weighted by molar-refractivity contribution is -0.143. The summed E-state index contributed by atoms with van der Waals surface area (Å²) in [5.41, 5.74) is 0.991. The summed E-state index contributed by atoms with van der Waals surface area (Å²) in [4.78, 5) is 35.8. The van der Waals surface area contributed by atoms with Crippen LogP contribution in [-0.4, -0.2) is 35.2 Å². The Balaban J connectivity index is 1.58. The molecule has 0 saturated carbocycles. The maximum absolute atomic E-state index is 12.0. The molecule has 138 valence electrons. The zero-order valence-corrected chi connectivity index (χ0v) is 14.5. The Bertz CT molecular complexity index is 989. The highest BCUT2D eigenvalue weighted by Crippen LogP contribution is 2.14. The number of methoxy groups -OCH3 is 1. The number of ether oxygens (including phenoxy) is 2. The SMILES string of the molecule is COc1ccc(C(=O)COC(=O)Cn2nc(-c3ccccc3)oc2=O)cc1. The highest BCUT2D eigenvalue weighted by atomic mass is 16.5. The molecule has 0 N–H and O–H groups in total. The van der Waals surface area contributed by atoms with E-state index in [0.29, 0.717) is 16.9 Å². The monoisotopic (exact) mass is 368 g/mol. The van der Waals surface area contributed by atoms with Gasteiger partial charge in [0, 0.05) is 11.1 Å². The minimum atomic E-state index is -0.785. The van der Waals surface area contributed by atoms with Gasteiger partial charge in [0.25, 0.3) is 0 Å². The molecule has 0 aliphatic heterocycles. The third kappa shape index (κ3) is 4.49. The number of aromatic nitrogens is 2. The van der Waals surface area contributed by atoms with Crippen molar-refractivity contribution >= 4 is 11.8 Å². The lowest BCUT2D eigenvalue weighted by Crippen LogP contribution is -2.24. The summed E-state index contributed by atoms with van der Waals surface area (Å²) in [7, 11) is 1.52. The molecule has 0 spiro atoms. The summed E-state index contributed by atoms with van der Waals surface area (Å²) in [5, 5.41) is 3.96. The molecule has 0 aliphatic rings. The van der Waals surface area contributed by atoms with E-state index in [9.17, 15) is 14.4 Å². The zero-order chi connectivity index (χ0) is 19.2. The molecular weight excluding hydrogens is 352 g/mol. The van der Waals surface area contributed by atoms with Crippen LogP contribution in [0.5, 0.6) is 5.75 Å². The molecule has 8 heteroatoms. The molecular formula is C19H16N2O6. The molecule has 0 atom stereocenters. The predicted octanol–water partition coefficient (Wildman–Crippen LogP) is 1.94. The van der Waals surface area contributed by atoms with Gasteiger partial charge in [-0.3, -0.25) is 9.59 Å². The number of carbonyl (C=O) groups excluding carboxylic acids is 2. The van der Waals surface area contributed by atoms with Crippen molar-refractivity contribution in [2.24, 2.45) is 0 Å². The molecule has 0 fully saturated rings. The minimum Gasteiger partial charge on any atom is -0.497 e. The van der Waals surface area contributed by atoms with E-state index in [0.717, 1.165) is 4.68 Å². The van der Waals surface area contributed by atoms with E-state index in [-0.39, 0.29) is 11.7 Å².